The van der Waals surface area contributed by atoms with Crippen LogP contribution in [-0.4, -0.2) is 23.7 Å². The maximum Gasteiger partial charge on any atom is 0.124 e. The molecule has 0 aliphatic heterocycles. The molecule has 0 fully saturated rings. The van der Waals surface area contributed by atoms with Crippen molar-refractivity contribution < 1.29 is 4.74 Å². The number of ether oxygens (including phenoxy) is 1. The predicted molar refractivity (Wildman–Crippen MR) is 72.2 cm³/mol. The molecular formula is C14H19N3O. The number of hydrogen-bond acceptors (Lipinski definition) is 3. The number of hydrogen-bond donors (Lipinski definition) is 2. The maximum absolute atomic E-state index is 6.07. The van der Waals surface area contributed by atoms with E-state index in [1.54, 1.807) is 7.11 Å². The highest BCUT2D eigenvalue weighted by Crippen LogP contribution is 2.23. The van der Waals surface area contributed by atoms with Crippen molar-refractivity contribution >= 4 is 0 Å². The predicted octanol–water partition coefficient (Wildman–Crippen LogP) is 2.42. The van der Waals surface area contributed by atoms with E-state index >= 15 is 0 Å². The van der Waals surface area contributed by atoms with E-state index in [2.05, 4.69) is 9.97 Å². The van der Waals surface area contributed by atoms with E-state index in [1.807, 2.05) is 37.3 Å². The number of nitrogens with one attached hydrogen (secondary N) is 1. The molecule has 4 heteroatoms. The molecule has 0 aliphatic rings. The smallest absolute Gasteiger partial charge is 0.124 e. The number of aryl methyl sites for hydroxylation is 1. The van der Waals surface area contributed by atoms with Gasteiger partial charge in [0.25, 0.3) is 0 Å². The Morgan fingerprint density at radius 2 is 2.06 bits per heavy atom. The van der Waals surface area contributed by atoms with Crippen LogP contribution in [0.2, 0.25) is 0 Å². The maximum atomic E-state index is 6.07. The standard InChI is InChI=1S/C14H19N3O/c1-10-13(11-6-4-3-5-7-11)17-14(16-10)12(15)8-9-18-2/h3-7,12H,8-9,15H2,1-2H3,(H,16,17). The van der Waals surface area contributed by atoms with Crippen LogP contribution in [-0.2, 0) is 4.74 Å². The van der Waals surface area contributed by atoms with Crippen LogP contribution in [0.4, 0.5) is 0 Å². The highest BCUT2D eigenvalue weighted by Gasteiger charge is 2.14. The van der Waals surface area contributed by atoms with Crippen molar-refractivity contribution in [3.8, 4) is 11.3 Å². The van der Waals surface area contributed by atoms with Crippen LogP contribution in [0.1, 0.15) is 24.0 Å². The molecule has 1 aromatic heterocycles. The van der Waals surface area contributed by atoms with Crippen LogP contribution in [0.3, 0.4) is 0 Å². The first-order valence-corrected chi connectivity index (χ1v) is 6.09. The van der Waals surface area contributed by atoms with Crippen molar-refractivity contribution in [2.45, 2.75) is 19.4 Å². The average molecular weight is 245 g/mol. The molecule has 0 radical (unpaired) electrons. The quantitative estimate of drug-likeness (QED) is 0.850. The first-order chi connectivity index (χ1) is 8.72. The summed E-state index contributed by atoms with van der Waals surface area (Å²) in [5, 5.41) is 0. The minimum absolute atomic E-state index is 0.110. The number of imidazole rings is 1. The molecule has 0 spiro atoms. The minimum Gasteiger partial charge on any atom is -0.385 e. The summed E-state index contributed by atoms with van der Waals surface area (Å²) in [5.41, 5.74) is 9.19. The molecule has 3 N–H and O–H groups in total. The molecule has 96 valence electrons. The molecule has 0 aliphatic carbocycles. The summed E-state index contributed by atoms with van der Waals surface area (Å²) in [7, 11) is 1.68. The van der Waals surface area contributed by atoms with Crippen molar-refractivity contribution in [1.82, 2.24) is 9.97 Å². The molecule has 1 heterocycles. The van der Waals surface area contributed by atoms with Crippen molar-refractivity contribution in [2.75, 3.05) is 13.7 Å². The summed E-state index contributed by atoms with van der Waals surface area (Å²) in [4.78, 5) is 7.86. The number of methoxy groups -OCH3 is 1. The molecule has 0 saturated heterocycles. The van der Waals surface area contributed by atoms with E-state index in [9.17, 15) is 0 Å². The number of benzene rings is 1. The molecular weight excluding hydrogens is 226 g/mol. The molecule has 1 atom stereocenters. The van der Waals surface area contributed by atoms with E-state index in [0.29, 0.717) is 6.61 Å². The molecule has 0 saturated carbocycles. The lowest BCUT2D eigenvalue weighted by atomic mass is 10.1. The Labute approximate surface area is 107 Å². The van der Waals surface area contributed by atoms with Gasteiger partial charge >= 0.3 is 0 Å². The van der Waals surface area contributed by atoms with Gasteiger partial charge in [0.05, 0.1) is 11.7 Å². The van der Waals surface area contributed by atoms with Gasteiger partial charge in [-0.3, -0.25) is 0 Å². The van der Waals surface area contributed by atoms with Gasteiger partial charge in [0.15, 0.2) is 0 Å². The van der Waals surface area contributed by atoms with E-state index in [-0.39, 0.29) is 6.04 Å². The summed E-state index contributed by atoms with van der Waals surface area (Å²) < 4.78 is 5.03. The summed E-state index contributed by atoms with van der Waals surface area (Å²) in [6.45, 7) is 2.66. The van der Waals surface area contributed by atoms with Gasteiger partial charge in [-0.15, -0.1) is 0 Å². The molecule has 0 amide bonds. The topological polar surface area (TPSA) is 63.9 Å². The van der Waals surface area contributed by atoms with Crippen LogP contribution in [0.15, 0.2) is 30.3 Å². The van der Waals surface area contributed by atoms with Crippen LogP contribution < -0.4 is 5.73 Å². The Kier molecular flexibility index (Phi) is 4.12. The average Bonchev–Trinajstić information content (AvgIpc) is 2.79. The van der Waals surface area contributed by atoms with Crippen LogP contribution >= 0.6 is 0 Å². The number of rotatable bonds is 5. The number of H-pyrrole nitrogens is 1. The minimum atomic E-state index is -0.110. The fourth-order valence-corrected chi connectivity index (χ4v) is 1.92. The first-order valence-electron chi connectivity index (χ1n) is 6.09. The van der Waals surface area contributed by atoms with Crippen molar-refractivity contribution in [2.24, 2.45) is 5.73 Å². The van der Waals surface area contributed by atoms with Gasteiger partial charge in [0, 0.05) is 25.0 Å². The lowest BCUT2D eigenvalue weighted by molar-refractivity contribution is 0.187. The van der Waals surface area contributed by atoms with Gasteiger partial charge in [-0.05, 0) is 13.3 Å². The Bertz CT molecular complexity index is 493. The first kappa shape index (κ1) is 12.8. The lowest BCUT2D eigenvalue weighted by Gasteiger charge is -2.06. The van der Waals surface area contributed by atoms with E-state index in [0.717, 1.165) is 29.2 Å². The zero-order valence-electron chi connectivity index (χ0n) is 10.8. The molecule has 1 unspecified atom stereocenters. The summed E-state index contributed by atoms with van der Waals surface area (Å²) in [6, 6.07) is 10.0. The summed E-state index contributed by atoms with van der Waals surface area (Å²) in [5.74, 6) is 0.823. The monoisotopic (exact) mass is 245 g/mol. The van der Waals surface area contributed by atoms with Gasteiger partial charge in [-0.1, -0.05) is 30.3 Å². The third-order valence-corrected chi connectivity index (χ3v) is 2.93. The highest BCUT2D eigenvalue weighted by atomic mass is 16.5. The zero-order valence-corrected chi connectivity index (χ0v) is 10.8. The van der Waals surface area contributed by atoms with E-state index < -0.39 is 0 Å². The van der Waals surface area contributed by atoms with Crippen molar-refractivity contribution in [1.29, 1.82) is 0 Å². The zero-order chi connectivity index (χ0) is 13.0. The third kappa shape index (κ3) is 2.78. The largest absolute Gasteiger partial charge is 0.385 e. The summed E-state index contributed by atoms with van der Waals surface area (Å²) in [6.07, 6.45) is 0.762. The second-order valence-electron chi connectivity index (χ2n) is 4.35. The molecule has 2 aromatic rings. The second-order valence-corrected chi connectivity index (χ2v) is 4.35. The van der Waals surface area contributed by atoms with E-state index in [1.165, 1.54) is 0 Å². The Hall–Kier alpha value is -1.65. The van der Waals surface area contributed by atoms with Gasteiger partial charge < -0.3 is 15.5 Å². The molecule has 4 nitrogen and oxygen atoms in total. The number of nitrogens with zero attached hydrogens (tertiary/aromatic N) is 1. The highest BCUT2D eigenvalue weighted by molar-refractivity contribution is 5.61. The van der Waals surface area contributed by atoms with Crippen LogP contribution in [0.25, 0.3) is 11.3 Å². The fourth-order valence-electron chi connectivity index (χ4n) is 1.92. The van der Waals surface area contributed by atoms with Gasteiger partial charge in [0.1, 0.15) is 5.82 Å². The van der Waals surface area contributed by atoms with Crippen LogP contribution in [0.5, 0.6) is 0 Å². The van der Waals surface area contributed by atoms with E-state index in [4.69, 9.17) is 10.5 Å². The Balaban J connectivity index is 2.22. The number of aromatic amines is 1. The molecule has 2 rings (SSSR count). The second kappa shape index (κ2) is 5.80. The fraction of sp³-hybridized carbons (Fsp3) is 0.357. The molecule has 1 aromatic carbocycles. The third-order valence-electron chi connectivity index (χ3n) is 2.93. The SMILES string of the molecule is COCCC(N)c1nc(-c2ccccc2)c(C)[nH]1. The Morgan fingerprint density at radius 1 is 1.33 bits per heavy atom. The lowest BCUT2D eigenvalue weighted by Crippen LogP contribution is -2.14. The Morgan fingerprint density at radius 3 is 2.72 bits per heavy atom. The summed E-state index contributed by atoms with van der Waals surface area (Å²) >= 11 is 0. The van der Waals surface area contributed by atoms with Gasteiger partial charge in [0.2, 0.25) is 0 Å². The number of aromatic nitrogens is 2. The van der Waals surface area contributed by atoms with Gasteiger partial charge in [-0.25, -0.2) is 4.98 Å². The number of nitrogens with two attached hydrogens (primary N) is 1. The van der Waals surface area contributed by atoms with Crippen molar-refractivity contribution in [3.63, 3.8) is 0 Å². The van der Waals surface area contributed by atoms with Crippen LogP contribution in [0, 0.1) is 6.92 Å². The molecule has 18 heavy (non-hydrogen) atoms. The normalized spacial score (nSPS) is 12.6. The van der Waals surface area contributed by atoms with Gasteiger partial charge in [-0.2, -0.15) is 0 Å². The van der Waals surface area contributed by atoms with Crippen molar-refractivity contribution in [3.05, 3.63) is 41.9 Å². The molecule has 0 bridgehead atoms.